The van der Waals surface area contributed by atoms with Crippen molar-refractivity contribution in [1.29, 1.82) is 0 Å². The van der Waals surface area contributed by atoms with Crippen LogP contribution in [-0.4, -0.2) is 0 Å². The summed E-state index contributed by atoms with van der Waals surface area (Å²) >= 11 is 0. The first-order chi connectivity index (χ1) is 26.8. The Bertz CT molecular complexity index is 3160. The van der Waals surface area contributed by atoms with Crippen LogP contribution >= 0.6 is 0 Å². The first-order valence-corrected chi connectivity index (χ1v) is 18.5. The van der Waals surface area contributed by atoms with Gasteiger partial charge in [-0.3, -0.25) is 0 Å². The minimum Gasteiger partial charge on any atom is -0.455 e. The van der Waals surface area contributed by atoms with E-state index in [4.69, 9.17) is 4.42 Å². The maximum atomic E-state index is 6.58. The average molecular weight is 688 g/mol. The highest BCUT2D eigenvalue weighted by molar-refractivity contribution is 6.23. The normalized spacial score (nSPS) is 11.7. The van der Waals surface area contributed by atoms with Gasteiger partial charge in [0.05, 0.1) is 5.69 Å². The Kier molecular flexibility index (Phi) is 6.90. The third-order valence-corrected chi connectivity index (χ3v) is 11.0. The molecule has 0 bridgehead atoms. The van der Waals surface area contributed by atoms with E-state index in [0.717, 1.165) is 49.8 Å². The predicted molar refractivity (Wildman–Crippen MR) is 229 cm³/mol. The van der Waals surface area contributed by atoms with Crippen molar-refractivity contribution in [3.05, 3.63) is 200 Å². The van der Waals surface area contributed by atoms with Gasteiger partial charge in [-0.15, -0.1) is 0 Å². The Hall–Kier alpha value is -7.16. The van der Waals surface area contributed by atoms with Crippen molar-refractivity contribution >= 4 is 82.1 Å². The van der Waals surface area contributed by atoms with E-state index in [1.165, 1.54) is 54.6 Å². The Morgan fingerprint density at radius 2 is 0.889 bits per heavy atom. The van der Waals surface area contributed by atoms with E-state index in [9.17, 15) is 0 Å². The van der Waals surface area contributed by atoms with Gasteiger partial charge in [0, 0.05) is 32.9 Å². The van der Waals surface area contributed by atoms with Gasteiger partial charge in [0.2, 0.25) is 0 Å². The number of furan rings is 1. The zero-order chi connectivity index (χ0) is 35.6. The van der Waals surface area contributed by atoms with Gasteiger partial charge < -0.3 is 9.32 Å². The number of rotatable bonds is 5. The largest absolute Gasteiger partial charge is 0.455 e. The summed E-state index contributed by atoms with van der Waals surface area (Å²) in [5.41, 5.74) is 9.86. The molecule has 10 aromatic carbocycles. The van der Waals surface area contributed by atoms with Crippen molar-refractivity contribution in [2.24, 2.45) is 0 Å². The van der Waals surface area contributed by atoms with Crippen LogP contribution in [0.5, 0.6) is 0 Å². The molecule has 2 nitrogen and oxygen atoms in total. The minimum atomic E-state index is 0.912. The Balaban J connectivity index is 1.21. The standard InChI is InChI=1S/C52H33NO/c1-3-13-34(14-4-1)39-29-40(35-15-5-2-6-16-35)32-42(31-39)53(49-33-37-17-7-8-18-43(37)45-19-9-10-20-46(45)49)41-26-28-44-38(30-41)24-23-36-25-27-48-47-21-11-12-22-50(47)54-52(48)51(36)44/h1-33H. The minimum absolute atomic E-state index is 0.912. The number of hydrogen-bond acceptors (Lipinski definition) is 2. The topological polar surface area (TPSA) is 16.4 Å². The molecule has 0 saturated carbocycles. The van der Waals surface area contributed by atoms with Crippen molar-refractivity contribution in [3.8, 4) is 22.3 Å². The van der Waals surface area contributed by atoms with Crippen molar-refractivity contribution in [2.45, 2.75) is 0 Å². The van der Waals surface area contributed by atoms with E-state index >= 15 is 0 Å². The van der Waals surface area contributed by atoms with Gasteiger partial charge in [0.15, 0.2) is 0 Å². The average Bonchev–Trinajstić information content (AvgIpc) is 3.63. The quantitative estimate of drug-likeness (QED) is 0.168. The smallest absolute Gasteiger partial charge is 0.143 e. The molecule has 1 aromatic heterocycles. The van der Waals surface area contributed by atoms with Crippen molar-refractivity contribution in [3.63, 3.8) is 0 Å². The number of para-hydroxylation sites is 1. The maximum Gasteiger partial charge on any atom is 0.143 e. The van der Waals surface area contributed by atoms with Crippen LogP contribution in [0.15, 0.2) is 205 Å². The predicted octanol–water partition coefficient (Wildman–Crippen LogP) is 15.0. The summed E-state index contributed by atoms with van der Waals surface area (Å²) in [6, 6.07) is 72.5. The molecule has 252 valence electrons. The molecule has 0 fully saturated rings. The molecule has 0 N–H and O–H groups in total. The van der Waals surface area contributed by atoms with Crippen molar-refractivity contribution in [2.75, 3.05) is 4.90 Å². The molecule has 1 heterocycles. The molecule has 0 unspecified atom stereocenters. The molecule has 0 aliphatic rings. The number of fused-ring (bicyclic) bond motifs is 10. The molecule has 2 heteroatoms. The second-order valence-electron chi connectivity index (χ2n) is 14.1. The molecular formula is C52H33NO. The van der Waals surface area contributed by atoms with Crippen molar-refractivity contribution < 1.29 is 4.42 Å². The number of benzene rings is 10. The lowest BCUT2D eigenvalue weighted by Crippen LogP contribution is -2.11. The summed E-state index contributed by atoms with van der Waals surface area (Å²) < 4.78 is 6.58. The molecule has 0 atom stereocenters. The number of anilines is 3. The van der Waals surface area contributed by atoms with Crippen LogP contribution < -0.4 is 4.90 Å². The van der Waals surface area contributed by atoms with E-state index in [1.54, 1.807) is 0 Å². The van der Waals surface area contributed by atoms with Crippen molar-refractivity contribution in [1.82, 2.24) is 0 Å². The van der Waals surface area contributed by atoms with Gasteiger partial charge in [-0.2, -0.15) is 0 Å². The van der Waals surface area contributed by atoms with Gasteiger partial charge in [-0.25, -0.2) is 0 Å². The second-order valence-corrected chi connectivity index (χ2v) is 14.1. The van der Waals surface area contributed by atoms with Gasteiger partial charge in [-0.05, 0) is 103 Å². The summed E-state index contributed by atoms with van der Waals surface area (Å²) in [7, 11) is 0. The molecule has 0 aliphatic heterocycles. The van der Waals surface area contributed by atoms with Crippen LogP contribution in [0.1, 0.15) is 0 Å². The lowest BCUT2D eigenvalue weighted by atomic mass is 9.95. The van der Waals surface area contributed by atoms with Gasteiger partial charge in [-0.1, -0.05) is 152 Å². The molecule has 11 rings (SSSR count). The number of nitrogens with zero attached hydrogens (tertiary/aromatic N) is 1. The highest BCUT2D eigenvalue weighted by Crippen LogP contribution is 2.46. The Morgan fingerprint density at radius 1 is 0.315 bits per heavy atom. The molecule has 0 radical (unpaired) electrons. The summed E-state index contributed by atoms with van der Waals surface area (Å²) in [4.78, 5) is 2.46. The first-order valence-electron chi connectivity index (χ1n) is 18.5. The molecule has 0 aliphatic carbocycles. The fraction of sp³-hybridized carbons (Fsp3) is 0. The highest BCUT2D eigenvalue weighted by atomic mass is 16.3. The zero-order valence-electron chi connectivity index (χ0n) is 29.4. The number of hydrogen-bond donors (Lipinski definition) is 0. The summed E-state index contributed by atoms with van der Waals surface area (Å²) in [6.07, 6.45) is 0. The van der Waals surface area contributed by atoms with Crippen LogP contribution in [0.2, 0.25) is 0 Å². The first kappa shape index (κ1) is 30.5. The summed E-state index contributed by atoms with van der Waals surface area (Å²) in [5.74, 6) is 0. The zero-order valence-corrected chi connectivity index (χ0v) is 29.4. The fourth-order valence-electron chi connectivity index (χ4n) is 8.44. The molecule has 0 amide bonds. The molecular weight excluding hydrogens is 655 g/mol. The fourth-order valence-corrected chi connectivity index (χ4v) is 8.44. The lowest BCUT2D eigenvalue weighted by molar-refractivity contribution is 0.673. The van der Waals surface area contributed by atoms with E-state index in [2.05, 4.69) is 199 Å². The third kappa shape index (κ3) is 4.88. The monoisotopic (exact) mass is 687 g/mol. The van der Waals surface area contributed by atoms with E-state index in [1.807, 2.05) is 6.07 Å². The SMILES string of the molecule is c1ccc(-c2cc(-c3ccccc3)cc(N(c3ccc4c(ccc5ccc6c7ccccc7oc6c54)c3)c3cc4ccccc4c4ccccc34)c2)cc1. The van der Waals surface area contributed by atoms with Crippen LogP contribution in [0.4, 0.5) is 17.1 Å². The summed E-state index contributed by atoms with van der Waals surface area (Å²) in [6.45, 7) is 0. The van der Waals surface area contributed by atoms with Crippen LogP contribution in [-0.2, 0) is 0 Å². The maximum absolute atomic E-state index is 6.58. The Morgan fingerprint density at radius 3 is 1.65 bits per heavy atom. The third-order valence-electron chi connectivity index (χ3n) is 11.0. The molecule has 54 heavy (non-hydrogen) atoms. The highest BCUT2D eigenvalue weighted by Gasteiger charge is 2.21. The van der Waals surface area contributed by atoms with Crippen LogP contribution in [0, 0.1) is 0 Å². The van der Waals surface area contributed by atoms with Gasteiger partial charge >= 0.3 is 0 Å². The molecule has 0 saturated heterocycles. The molecule has 0 spiro atoms. The van der Waals surface area contributed by atoms with E-state index < -0.39 is 0 Å². The van der Waals surface area contributed by atoms with E-state index in [-0.39, 0.29) is 0 Å². The van der Waals surface area contributed by atoms with Crippen LogP contribution in [0.3, 0.4) is 0 Å². The summed E-state index contributed by atoms with van der Waals surface area (Å²) in [5, 5.41) is 11.8. The van der Waals surface area contributed by atoms with Gasteiger partial charge in [0.25, 0.3) is 0 Å². The molecule has 11 aromatic rings. The van der Waals surface area contributed by atoms with E-state index in [0.29, 0.717) is 0 Å². The Labute approximate surface area is 312 Å². The van der Waals surface area contributed by atoms with Crippen LogP contribution in [0.25, 0.3) is 87.3 Å². The van der Waals surface area contributed by atoms with Gasteiger partial charge in [0.1, 0.15) is 11.2 Å². The lowest BCUT2D eigenvalue weighted by Gasteiger charge is -2.29. The second kappa shape index (κ2) is 12.2.